The van der Waals surface area contributed by atoms with Gasteiger partial charge in [-0.15, -0.1) is 0 Å². The van der Waals surface area contributed by atoms with Gasteiger partial charge in [0.2, 0.25) is 0 Å². The summed E-state index contributed by atoms with van der Waals surface area (Å²) in [5.74, 6) is 0.839. The van der Waals surface area contributed by atoms with Gasteiger partial charge in [0.15, 0.2) is 5.22 Å². The average molecular weight is 237 g/mol. The number of hydrogen-bond donors (Lipinski definition) is 1. The van der Waals surface area contributed by atoms with E-state index in [0.717, 1.165) is 5.76 Å². The largest absolute Gasteiger partial charge is 0.448 e. The van der Waals surface area contributed by atoms with Crippen LogP contribution in [0.2, 0.25) is 5.22 Å². The molecule has 0 aliphatic heterocycles. The molecule has 0 aliphatic carbocycles. The van der Waals surface area contributed by atoms with Crippen molar-refractivity contribution >= 4 is 11.6 Å². The number of rotatable bonds is 4. The van der Waals surface area contributed by atoms with Gasteiger partial charge in [0.25, 0.3) is 0 Å². The molecule has 2 aromatic rings. The quantitative estimate of drug-likeness (QED) is 0.886. The van der Waals surface area contributed by atoms with Gasteiger partial charge in [0.1, 0.15) is 5.76 Å². The second-order valence-electron chi connectivity index (χ2n) is 3.59. The van der Waals surface area contributed by atoms with E-state index >= 15 is 0 Å². The smallest absolute Gasteiger partial charge is 0.193 e. The minimum atomic E-state index is 0.256. The maximum Gasteiger partial charge on any atom is 0.193 e. The lowest BCUT2D eigenvalue weighted by atomic mass is 10.1. The number of hydrogen-bond acceptors (Lipinski definition) is 3. The lowest BCUT2D eigenvalue weighted by Gasteiger charge is -2.12. The first-order valence-corrected chi connectivity index (χ1v) is 5.51. The van der Waals surface area contributed by atoms with Gasteiger partial charge in [-0.05, 0) is 48.4 Å². The Kier molecular flexibility index (Phi) is 3.59. The lowest BCUT2D eigenvalue weighted by molar-refractivity contribution is 0.461. The maximum absolute atomic E-state index is 5.69. The second kappa shape index (κ2) is 5.14. The van der Waals surface area contributed by atoms with Crippen LogP contribution >= 0.6 is 11.6 Å². The molecular formula is C12H13ClN2O. The minimum absolute atomic E-state index is 0.256. The molecular weight excluding hydrogens is 224 g/mol. The fourth-order valence-electron chi connectivity index (χ4n) is 1.47. The van der Waals surface area contributed by atoms with Crippen molar-refractivity contribution in [3.8, 4) is 0 Å². The van der Waals surface area contributed by atoms with Crippen LogP contribution in [0, 0.1) is 0 Å². The summed E-state index contributed by atoms with van der Waals surface area (Å²) in [6, 6.07) is 7.86. The molecule has 2 heterocycles. The first-order chi connectivity index (χ1) is 7.75. The summed E-state index contributed by atoms with van der Waals surface area (Å²) in [6.45, 7) is 2.76. The van der Waals surface area contributed by atoms with Crippen molar-refractivity contribution < 1.29 is 4.42 Å². The number of nitrogens with zero attached hydrogens (tertiary/aromatic N) is 1. The Morgan fingerprint density at radius 3 is 2.69 bits per heavy atom. The Morgan fingerprint density at radius 1 is 1.31 bits per heavy atom. The van der Waals surface area contributed by atoms with E-state index in [1.165, 1.54) is 5.56 Å². The summed E-state index contributed by atoms with van der Waals surface area (Å²) in [7, 11) is 0. The van der Waals surface area contributed by atoms with Crippen molar-refractivity contribution in [1.82, 2.24) is 10.3 Å². The van der Waals surface area contributed by atoms with Crippen molar-refractivity contribution in [2.45, 2.75) is 19.5 Å². The predicted molar refractivity (Wildman–Crippen MR) is 63.2 cm³/mol. The third-order valence-electron chi connectivity index (χ3n) is 2.42. The predicted octanol–water partition coefficient (Wildman–Crippen LogP) is 3.18. The lowest BCUT2D eigenvalue weighted by Crippen LogP contribution is -2.17. The maximum atomic E-state index is 5.69. The molecule has 2 aromatic heterocycles. The molecule has 84 valence electrons. The van der Waals surface area contributed by atoms with E-state index in [4.69, 9.17) is 16.0 Å². The number of aromatic nitrogens is 1. The van der Waals surface area contributed by atoms with Crippen molar-refractivity contribution in [3.05, 3.63) is 53.2 Å². The fraction of sp³-hybridized carbons (Fsp3) is 0.250. The molecule has 3 nitrogen and oxygen atoms in total. The SMILES string of the molecule is C[C@H](NCc1ccc(Cl)o1)c1ccncc1. The second-order valence-corrected chi connectivity index (χ2v) is 3.96. The number of halogens is 1. The zero-order chi connectivity index (χ0) is 11.4. The van der Waals surface area contributed by atoms with E-state index in [2.05, 4.69) is 17.2 Å². The molecule has 0 saturated carbocycles. The Labute approximate surface area is 99.5 Å². The molecule has 0 unspecified atom stereocenters. The minimum Gasteiger partial charge on any atom is -0.448 e. The van der Waals surface area contributed by atoms with E-state index in [0.29, 0.717) is 11.8 Å². The first-order valence-electron chi connectivity index (χ1n) is 5.13. The summed E-state index contributed by atoms with van der Waals surface area (Å²) < 4.78 is 5.26. The van der Waals surface area contributed by atoms with Gasteiger partial charge in [-0.2, -0.15) is 0 Å². The van der Waals surface area contributed by atoms with E-state index in [-0.39, 0.29) is 6.04 Å². The number of pyridine rings is 1. The molecule has 0 aliphatic rings. The highest BCUT2D eigenvalue weighted by atomic mass is 35.5. The summed E-state index contributed by atoms with van der Waals surface area (Å²) >= 11 is 5.69. The van der Waals surface area contributed by atoms with Gasteiger partial charge in [-0.1, -0.05) is 0 Å². The van der Waals surface area contributed by atoms with Crippen molar-refractivity contribution in [1.29, 1.82) is 0 Å². The van der Waals surface area contributed by atoms with Crippen LogP contribution in [0.1, 0.15) is 24.3 Å². The van der Waals surface area contributed by atoms with Gasteiger partial charge in [0.05, 0.1) is 6.54 Å². The number of furan rings is 1. The molecule has 1 N–H and O–H groups in total. The van der Waals surface area contributed by atoms with Crippen LogP contribution in [0.25, 0.3) is 0 Å². The van der Waals surface area contributed by atoms with Crippen LogP contribution in [-0.2, 0) is 6.54 Å². The molecule has 0 fully saturated rings. The monoisotopic (exact) mass is 236 g/mol. The summed E-state index contributed by atoms with van der Waals surface area (Å²) in [4.78, 5) is 3.99. The number of nitrogens with one attached hydrogen (secondary N) is 1. The van der Waals surface area contributed by atoms with Gasteiger partial charge in [-0.25, -0.2) is 0 Å². The Bertz CT molecular complexity index is 441. The topological polar surface area (TPSA) is 38.1 Å². The molecule has 4 heteroatoms. The standard InChI is InChI=1S/C12H13ClN2O/c1-9(10-4-6-14-7-5-10)15-8-11-2-3-12(13)16-11/h2-7,9,15H,8H2,1H3/t9-/m0/s1. The fourth-order valence-corrected chi connectivity index (χ4v) is 1.63. The molecule has 0 bridgehead atoms. The molecule has 0 radical (unpaired) electrons. The zero-order valence-corrected chi connectivity index (χ0v) is 9.74. The van der Waals surface area contributed by atoms with Crippen LogP contribution in [0.5, 0.6) is 0 Å². The molecule has 0 amide bonds. The Balaban J connectivity index is 1.91. The highest BCUT2D eigenvalue weighted by Gasteiger charge is 2.05. The first kappa shape index (κ1) is 11.2. The van der Waals surface area contributed by atoms with Crippen LogP contribution in [0.15, 0.2) is 41.1 Å². The molecule has 16 heavy (non-hydrogen) atoms. The Hall–Kier alpha value is -1.32. The Morgan fingerprint density at radius 2 is 2.06 bits per heavy atom. The summed E-state index contributed by atoms with van der Waals surface area (Å²) in [5, 5.41) is 3.77. The normalized spacial score (nSPS) is 12.6. The average Bonchev–Trinajstić information content (AvgIpc) is 2.73. The van der Waals surface area contributed by atoms with Crippen molar-refractivity contribution in [3.63, 3.8) is 0 Å². The highest BCUT2D eigenvalue weighted by Crippen LogP contribution is 2.15. The highest BCUT2D eigenvalue weighted by molar-refractivity contribution is 6.28. The third kappa shape index (κ3) is 2.84. The van der Waals surface area contributed by atoms with E-state index in [1.54, 1.807) is 18.5 Å². The van der Waals surface area contributed by atoms with E-state index in [9.17, 15) is 0 Å². The summed E-state index contributed by atoms with van der Waals surface area (Å²) in [6.07, 6.45) is 3.58. The molecule has 0 aromatic carbocycles. The van der Waals surface area contributed by atoms with Gasteiger partial charge in [0, 0.05) is 18.4 Å². The summed E-state index contributed by atoms with van der Waals surface area (Å²) in [5.41, 5.74) is 1.20. The van der Waals surface area contributed by atoms with Gasteiger partial charge in [-0.3, -0.25) is 4.98 Å². The van der Waals surface area contributed by atoms with Gasteiger partial charge >= 0.3 is 0 Å². The van der Waals surface area contributed by atoms with Crippen molar-refractivity contribution in [2.24, 2.45) is 0 Å². The molecule has 0 saturated heterocycles. The van der Waals surface area contributed by atoms with Crippen LogP contribution in [0.3, 0.4) is 0 Å². The van der Waals surface area contributed by atoms with Gasteiger partial charge < -0.3 is 9.73 Å². The van der Waals surface area contributed by atoms with Crippen LogP contribution in [-0.4, -0.2) is 4.98 Å². The van der Waals surface area contributed by atoms with Crippen LogP contribution in [0.4, 0.5) is 0 Å². The zero-order valence-electron chi connectivity index (χ0n) is 8.98. The third-order valence-corrected chi connectivity index (χ3v) is 2.62. The van der Waals surface area contributed by atoms with Crippen LogP contribution < -0.4 is 5.32 Å². The molecule has 2 rings (SSSR count). The molecule has 1 atom stereocenters. The van der Waals surface area contributed by atoms with E-state index < -0.39 is 0 Å². The van der Waals surface area contributed by atoms with E-state index in [1.807, 2.05) is 18.2 Å². The molecule has 0 spiro atoms. The van der Waals surface area contributed by atoms with Crippen molar-refractivity contribution in [2.75, 3.05) is 0 Å².